The van der Waals surface area contributed by atoms with Crippen LogP contribution in [-0.2, 0) is 9.59 Å². The van der Waals surface area contributed by atoms with Crippen LogP contribution in [-0.4, -0.2) is 23.0 Å². The molecule has 0 spiro atoms. The summed E-state index contributed by atoms with van der Waals surface area (Å²) in [5.74, 6) is -1.31. The van der Waals surface area contributed by atoms with Gasteiger partial charge in [-0.15, -0.1) is 0 Å². The average molecular weight is 294 g/mol. The molecule has 1 amide bonds. The van der Waals surface area contributed by atoms with E-state index < -0.39 is 17.9 Å². The van der Waals surface area contributed by atoms with E-state index in [4.69, 9.17) is 16.7 Å². The molecule has 1 aliphatic carbocycles. The lowest BCUT2D eigenvalue weighted by Crippen LogP contribution is -2.41. The minimum absolute atomic E-state index is 0.0682. The van der Waals surface area contributed by atoms with Crippen molar-refractivity contribution in [3.05, 3.63) is 40.4 Å². The van der Waals surface area contributed by atoms with E-state index in [2.05, 4.69) is 5.32 Å². The molecule has 106 valence electrons. The van der Waals surface area contributed by atoms with Crippen LogP contribution in [0.3, 0.4) is 0 Å². The first-order chi connectivity index (χ1) is 9.47. The smallest absolute Gasteiger partial charge is 0.326 e. The number of carboxylic acids is 1. The first kappa shape index (κ1) is 14.6. The highest BCUT2D eigenvalue weighted by molar-refractivity contribution is 6.31. The number of carbonyl (C=O) groups is 2. The van der Waals surface area contributed by atoms with Crippen LogP contribution < -0.4 is 5.32 Å². The number of carboxylic acid groups (broad SMARTS) is 1. The quantitative estimate of drug-likeness (QED) is 0.820. The number of nitrogens with one attached hydrogen (secondary N) is 1. The zero-order valence-corrected chi connectivity index (χ0v) is 11.9. The Bertz CT molecular complexity index is 564. The fourth-order valence-corrected chi connectivity index (χ4v) is 2.09. The molecule has 1 fully saturated rings. The van der Waals surface area contributed by atoms with Crippen LogP contribution in [0.5, 0.6) is 0 Å². The van der Waals surface area contributed by atoms with E-state index in [1.54, 1.807) is 12.1 Å². The number of benzene rings is 1. The van der Waals surface area contributed by atoms with E-state index in [1.807, 2.05) is 19.1 Å². The molecule has 2 rings (SSSR count). The Morgan fingerprint density at radius 3 is 2.70 bits per heavy atom. The van der Waals surface area contributed by atoms with Crippen LogP contribution in [0.25, 0.3) is 6.08 Å². The number of amides is 1. The highest BCUT2D eigenvalue weighted by Crippen LogP contribution is 2.32. The van der Waals surface area contributed by atoms with Crippen LogP contribution in [0.2, 0.25) is 5.02 Å². The van der Waals surface area contributed by atoms with Crippen molar-refractivity contribution in [2.75, 3.05) is 0 Å². The fraction of sp³-hybridized carbons (Fsp3) is 0.333. The molecule has 1 saturated carbocycles. The summed E-state index contributed by atoms with van der Waals surface area (Å²) in [7, 11) is 0. The molecule has 5 heteroatoms. The van der Waals surface area contributed by atoms with Gasteiger partial charge in [-0.05, 0) is 49.0 Å². The third-order valence-electron chi connectivity index (χ3n) is 3.28. The maximum atomic E-state index is 11.7. The molecule has 1 unspecified atom stereocenters. The van der Waals surface area contributed by atoms with Gasteiger partial charge in [-0.3, -0.25) is 4.79 Å². The molecule has 0 aromatic heterocycles. The molecule has 4 nitrogen and oxygen atoms in total. The number of aryl methyl sites for hydroxylation is 1. The monoisotopic (exact) mass is 293 g/mol. The van der Waals surface area contributed by atoms with Crippen molar-refractivity contribution in [2.45, 2.75) is 25.8 Å². The van der Waals surface area contributed by atoms with Gasteiger partial charge in [0, 0.05) is 11.1 Å². The zero-order chi connectivity index (χ0) is 14.7. The largest absolute Gasteiger partial charge is 0.480 e. The lowest BCUT2D eigenvalue weighted by Gasteiger charge is -2.11. The van der Waals surface area contributed by atoms with Crippen molar-refractivity contribution in [3.8, 4) is 0 Å². The Hall–Kier alpha value is -1.81. The molecule has 0 aliphatic heterocycles. The van der Waals surface area contributed by atoms with E-state index in [1.165, 1.54) is 6.08 Å². The molecule has 20 heavy (non-hydrogen) atoms. The summed E-state index contributed by atoms with van der Waals surface area (Å²) in [6.45, 7) is 1.90. The van der Waals surface area contributed by atoms with E-state index in [0.717, 1.165) is 24.0 Å². The van der Waals surface area contributed by atoms with Gasteiger partial charge >= 0.3 is 5.97 Å². The predicted molar refractivity (Wildman–Crippen MR) is 77.5 cm³/mol. The van der Waals surface area contributed by atoms with Gasteiger partial charge in [0.2, 0.25) is 5.91 Å². The summed E-state index contributed by atoms with van der Waals surface area (Å²) >= 11 is 5.99. The predicted octanol–water partition coefficient (Wildman–Crippen LogP) is 2.64. The molecule has 2 N–H and O–H groups in total. The van der Waals surface area contributed by atoms with Gasteiger partial charge in [0.05, 0.1) is 0 Å². The van der Waals surface area contributed by atoms with Gasteiger partial charge in [-0.25, -0.2) is 4.79 Å². The second-order valence-corrected chi connectivity index (χ2v) is 5.41. The number of hydrogen-bond acceptors (Lipinski definition) is 2. The highest BCUT2D eigenvalue weighted by Gasteiger charge is 2.36. The van der Waals surface area contributed by atoms with Gasteiger partial charge in [-0.2, -0.15) is 0 Å². The summed E-state index contributed by atoms with van der Waals surface area (Å²) in [6.07, 6.45) is 4.66. The summed E-state index contributed by atoms with van der Waals surface area (Å²) in [5, 5.41) is 12.2. The molecule has 1 aliphatic rings. The number of halogens is 1. The molecule has 1 atom stereocenters. The van der Waals surface area contributed by atoms with Crippen LogP contribution in [0.15, 0.2) is 24.3 Å². The van der Waals surface area contributed by atoms with Gasteiger partial charge in [0.15, 0.2) is 0 Å². The number of rotatable bonds is 5. The van der Waals surface area contributed by atoms with Gasteiger partial charge in [0.25, 0.3) is 0 Å². The molecular formula is C15H16ClNO3. The zero-order valence-electron chi connectivity index (χ0n) is 11.1. The molecule has 0 bridgehead atoms. The second-order valence-electron chi connectivity index (χ2n) is 5.00. The molecule has 0 radical (unpaired) electrons. The van der Waals surface area contributed by atoms with E-state index in [9.17, 15) is 9.59 Å². The molecule has 0 saturated heterocycles. The van der Waals surface area contributed by atoms with Gasteiger partial charge in [-0.1, -0.05) is 23.7 Å². The first-order valence-electron chi connectivity index (χ1n) is 6.45. The number of carbonyl (C=O) groups excluding carboxylic acids is 1. The SMILES string of the molecule is Cc1ccc(C=CC(=O)NC(C(=O)O)C2CC2)cc1Cl. The second kappa shape index (κ2) is 6.09. The summed E-state index contributed by atoms with van der Waals surface area (Å²) in [4.78, 5) is 22.7. The normalized spacial score (nSPS) is 16.1. The van der Waals surface area contributed by atoms with Crippen LogP contribution in [0.4, 0.5) is 0 Å². The Morgan fingerprint density at radius 1 is 1.45 bits per heavy atom. The average Bonchev–Trinajstić information content (AvgIpc) is 3.21. The van der Waals surface area contributed by atoms with Crippen LogP contribution in [0.1, 0.15) is 24.0 Å². The maximum Gasteiger partial charge on any atom is 0.326 e. The lowest BCUT2D eigenvalue weighted by atomic mass is 10.1. The van der Waals surface area contributed by atoms with Gasteiger partial charge < -0.3 is 10.4 Å². The minimum atomic E-state index is -0.979. The van der Waals surface area contributed by atoms with Crippen molar-refractivity contribution in [3.63, 3.8) is 0 Å². The van der Waals surface area contributed by atoms with E-state index in [0.29, 0.717) is 5.02 Å². The molecule has 1 aromatic rings. The fourth-order valence-electron chi connectivity index (χ4n) is 1.90. The topological polar surface area (TPSA) is 66.4 Å². The van der Waals surface area contributed by atoms with E-state index in [-0.39, 0.29) is 5.92 Å². The van der Waals surface area contributed by atoms with Crippen molar-refractivity contribution in [1.82, 2.24) is 5.32 Å². The Morgan fingerprint density at radius 2 is 2.15 bits per heavy atom. The third-order valence-corrected chi connectivity index (χ3v) is 3.69. The minimum Gasteiger partial charge on any atom is -0.480 e. The maximum absolute atomic E-state index is 11.7. The molecular weight excluding hydrogens is 278 g/mol. The van der Waals surface area contributed by atoms with E-state index >= 15 is 0 Å². The van der Waals surface area contributed by atoms with Crippen molar-refractivity contribution < 1.29 is 14.7 Å². The lowest BCUT2D eigenvalue weighted by molar-refractivity contribution is -0.141. The Balaban J connectivity index is 1.97. The number of hydrogen-bond donors (Lipinski definition) is 2. The van der Waals surface area contributed by atoms with Gasteiger partial charge in [0.1, 0.15) is 6.04 Å². The molecule has 1 aromatic carbocycles. The Kier molecular flexibility index (Phi) is 4.45. The third kappa shape index (κ3) is 3.84. The van der Waals surface area contributed by atoms with Crippen LogP contribution >= 0.6 is 11.6 Å². The number of aliphatic carboxylic acids is 1. The summed E-state index contributed by atoms with van der Waals surface area (Å²) in [6, 6.07) is 4.69. The van der Waals surface area contributed by atoms with Crippen LogP contribution in [0, 0.1) is 12.8 Å². The Labute approximate surface area is 122 Å². The van der Waals surface area contributed by atoms with Crippen molar-refractivity contribution in [1.29, 1.82) is 0 Å². The van der Waals surface area contributed by atoms with Crippen molar-refractivity contribution in [2.24, 2.45) is 5.92 Å². The highest BCUT2D eigenvalue weighted by atomic mass is 35.5. The standard InChI is InChI=1S/C15H16ClNO3/c1-9-2-3-10(8-12(9)16)4-7-13(18)17-14(15(19)20)11-5-6-11/h2-4,7-8,11,14H,5-6H2,1H3,(H,17,18)(H,19,20). The van der Waals surface area contributed by atoms with Crippen molar-refractivity contribution >= 4 is 29.6 Å². The summed E-state index contributed by atoms with van der Waals surface area (Å²) < 4.78 is 0. The molecule has 0 heterocycles. The first-order valence-corrected chi connectivity index (χ1v) is 6.82. The summed E-state index contributed by atoms with van der Waals surface area (Å²) in [5.41, 5.74) is 1.77.